The summed E-state index contributed by atoms with van der Waals surface area (Å²) in [6, 6.07) is 22.4. The van der Waals surface area contributed by atoms with E-state index in [0.29, 0.717) is 18.0 Å². The van der Waals surface area contributed by atoms with Gasteiger partial charge in [0, 0.05) is 35.5 Å². The number of hydrogen-bond acceptors (Lipinski definition) is 4. The second kappa shape index (κ2) is 9.16. The summed E-state index contributed by atoms with van der Waals surface area (Å²) in [7, 11) is -3.29. The highest BCUT2D eigenvalue weighted by Gasteiger charge is 2.12. The maximum atomic E-state index is 12.6. The third kappa shape index (κ3) is 5.12. The Morgan fingerprint density at radius 2 is 1.73 bits per heavy atom. The van der Waals surface area contributed by atoms with Gasteiger partial charge in [-0.1, -0.05) is 38.1 Å². The molecule has 0 atom stereocenters. The van der Waals surface area contributed by atoms with Crippen molar-refractivity contribution < 1.29 is 13.2 Å². The predicted octanol–water partition coefficient (Wildman–Crippen LogP) is 5.36. The quantitative estimate of drug-likeness (QED) is 0.422. The van der Waals surface area contributed by atoms with Crippen molar-refractivity contribution in [3.05, 3.63) is 95.7 Å². The van der Waals surface area contributed by atoms with Gasteiger partial charge >= 0.3 is 0 Å². The first kappa shape index (κ1) is 22.7. The number of hydrogen-bond donors (Lipinski definition) is 1. The van der Waals surface area contributed by atoms with Crippen LogP contribution in [0.1, 0.15) is 41.3 Å². The molecule has 0 bridgehead atoms. The van der Waals surface area contributed by atoms with Crippen molar-refractivity contribution in [3.8, 4) is 11.1 Å². The third-order valence-corrected chi connectivity index (χ3v) is 6.76. The molecule has 0 saturated carbocycles. The lowest BCUT2D eigenvalue weighted by molar-refractivity contribution is 0.0951. The highest BCUT2D eigenvalue weighted by molar-refractivity contribution is 7.90. The van der Waals surface area contributed by atoms with Crippen LogP contribution in [0, 0.1) is 0 Å². The van der Waals surface area contributed by atoms with E-state index in [1.165, 1.54) is 29.8 Å². The van der Waals surface area contributed by atoms with Crippen LogP contribution in [0.5, 0.6) is 0 Å². The molecular weight excluding hydrogens is 432 g/mol. The summed E-state index contributed by atoms with van der Waals surface area (Å²) in [5.74, 6) is 0.138. The zero-order valence-corrected chi connectivity index (χ0v) is 19.7. The smallest absolute Gasteiger partial charge is 0.251 e. The van der Waals surface area contributed by atoms with E-state index in [4.69, 9.17) is 0 Å². The van der Waals surface area contributed by atoms with Gasteiger partial charge in [0.15, 0.2) is 9.84 Å². The fraction of sp³-hybridized carbons (Fsp3) is 0.185. The van der Waals surface area contributed by atoms with E-state index in [0.717, 1.165) is 33.8 Å². The number of nitrogens with one attached hydrogen (secondary N) is 1. The molecule has 0 aliphatic carbocycles. The van der Waals surface area contributed by atoms with Gasteiger partial charge in [-0.3, -0.25) is 9.78 Å². The average Bonchev–Trinajstić information content (AvgIpc) is 2.81. The molecule has 6 heteroatoms. The maximum absolute atomic E-state index is 12.6. The van der Waals surface area contributed by atoms with Crippen LogP contribution in [-0.4, -0.2) is 25.6 Å². The molecule has 1 aromatic heterocycles. The van der Waals surface area contributed by atoms with Gasteiger partial charge in [-0.05, 0) is 71.1 Å². The fourth-order valence-corrected chi connectivity index (χ4v) is 4.39. The Morgan fingerprint density at radius 3 is 2.42 bits per heavy atom. The summed E-state index contributed by atoms with van der Waals surface area (Å²) < 4.78 is 23.2. The lowest BCUT2D eigenvalue weighted by Crippen LogP contribution is -2.22. The Kier molecular flexibility index (Phi) is 6.29. The highest BCUT2D eigenvalue weighted by atomic mass is 32.2. The molecule has 1 amide bonds. The SMILES string of the molecule is CC(C)c1cc(-c2cccc(CNC(=O)c3ccc(S(C)(=O)=O)cc3)c2)c2ncccc2c1. The van der Waals surface area contributed by atoms with Crippen LogP contribution >= 0.6 is 0 Å². The zero-order valence-electron chi connectivity index (χ0n) is 18.9. The molecule has 3 aromatic carbocycles. The molecule has 4 aromatic rings. The average molecular weight is 459 g/mol. The number of pyridine rings is 1. The van der Waals surface area contributed by atoms with Crippen LogP contribution in [-0.2, 0) is 16.4 Å². The number of fused-ring (bicyclic) bond motifs is 1. The van der Waals surface area contributed by atoms with Crippen molar-refractivity contribution in [1.82, 2.24) is 10.3 Å². The largest absolute Gasteiger partial charge is 0.348 e. The molecule has 0 saturated heterocycles. The molecular formula is C27H26N2O3S. The molecule has 0 spiro atoms. The van der Waals surface area contributed by atoms with Crippen LogP contribution in [0.15, 0.2) is 83.9 Å². The minimum absolute atomic E-state index is 0.191. The molecule has 1 heterocycles. The van der Waals surface area contributed by atoms with Crippen molar-refractivity contribution in [2.75, 3.05) is 6.26 Å². The number of carbonyl (C=O) groups is 1. The van der Waals surface area contributed by atoms with Gasteiger partial charge in [-0.2, -0.15) is 0 Å². The van der Waals surface area contributed by atoms with Gasteiger partial charge < -0.3 is 5.32 Å². The van der Waals surface area contributed by atoms with Gasteiger partial charge in [-0.15, -0.1) is 0 Å². The molecule has 0 fully saturated rings. The number of aromatic nitrogens is 1. The number of nitrogens with zero attached hydrogens (tertiary/aromatic N) is 1. The Bertz CT molecular complexity index is 1430. The monoisotopic (exact) mass is 458 g/mol. The second-order valence-corrected chi connectivity index (χ2v) is 10.5. The second-order valence-electron chi connectivity index (χ2n) is 8.48. The van der Waals surface area contributed by atoms with E-state index >= 15 is 0 Å². The molecule has 0 unspecified atom stereocenters. The van der Waals surface area contributed by atoms with E-state index in [9.17, 15) is 13.2 Å². The Hall–Kier alpha value is -3.51. The molecule has 0 aliphatic heterocycles. The van der Waals surface area contributed by atoms with Crippen LogP contribution in [0.4, 0.5) is 0 Å². The number of benzene rings is 3. The predicted molar refractivity (Wildman–Crippen MR) is 132 cm³/mol. The van der Waals surface area contributed by atoms with Gasteiger partial charge in [0.05, 0.1) is 10.4 Å². The van der Waals surface area contributed by atoms with Crippen LogP contribution in [0.3, 0.4) is 0 Å². The summed E-state index contributed by atoms with van der Waals surface area (Å²) in [4.78, 5) is 17.4. The first-order chi connectivity index (χ1) is 15.7. The van der Waals surface area contributed by atoms with Gasteiger partial charge in [-0.25, -0.2) is 8.42 Å². The Morgan fingerprint density at radius 1 is 0.970 bits per heavy atom. The van der Waals surface area contributed by atoms with E-state index in [1.54, 1.807) is 6.20 Å². The molecule has 33 heavy (non-hydrogen) atoms. The van der Waals surface area contributed by atoms with E-state index in [-0.39, 0.29) is 10.8 Å². The number of rotatable bonds is 6. The standard InChI is InChI=1S/C27H26N2O3S/c1-18(2)23-15-22-8-5-13-28-26(22)25(16-23)21-7-4-6-19(14-21)17-29-27(30)20-9-11-24(12-10-20)33(3,31)32/h4-16,18H,17H2,1-3H3,(H,29,30). The summed E-state index contributed by atoms with van der Waals surface area (Å²) in [5, 5.41) is 4.02. The lowest BCUT2D eigenvalue weighted by atomic mass is 9.93. The van der Waals surface area contributed by atoms with E-state index in [1.807, 2.05) is 18.2 Å². The van der Waals surface area contributed by atoms with Crippen molar-refractivity contribution in [1.29, 1.82) is 0 Å². The maximum Gasteiger partial charge on any atom is 0.251 e. The summed E-state index contributed by atoms with van der Waals surface area (Å²) in [6.07, 6.45) is 2.95. The lowest BCUT2D eigenvalue weighted by Gasteiger charge is -2.13. The third-order valence-electron chi connectivity index (χ3n) is 5.63. The first-order valence-electron chi connectivity index (χ1n) is 10.8. The molecule has 168 valence electrons. The Balaban J connectivity index is 1.57. The van der Waals surface area contributed by atoms with Gasteiger partial charge in [0.2, 0.25) is 0 Å². The number of sulfone groups is 1. The topological polar surface area (TPSA) is 76.1 Å². The zero-order chi connectivity index (χ0) is 23.6. The minimum atomic E-state index is -3.29. The fourth-order valence-electron chi connectivity index (χ4n) is 3.76. The molecule has 0 aliphatic rings. The summed E-state index contributed by atoms with van der Waals surface area (Å²) >= 11 is 0. The van der Waals surface area contributed by atoms with Crippen molar-refractivity contribution in [3.63, 3.8) is 0 Å². The molecule has 0 radical (unpaired) electrons. The Labute approximate surface area is 194 Å². The summed E-state index contributed by atoms with van der Waals surface area (Å²) in [5.41, 5.74) is 5.70. The number of amides is 1. The number of carbonyl (C=O) groups excluding carboxylic acids is 1. The van der Waals surface area contributed by atoms with E-state index in [2.05, 4.69) is 54.5 Å². The molecule has 4 rings (SSSR count). The van der Waals surface area contributed by atoms with Crippen LogP contribution in [0.25, 0.3) is 22.0 Å². The minimum Gasteiger partial charge on any atom is -0.348 e. The molecule has 5 nitrogen and oxygen atoms in total. The highest BCUT2D eigenvalue weighted by Crippen LogP contribution is 2.31. The van der Waals surface area contributed by atoms with Gasteiger partial charge in [0.25, 0.3) is 5.91 Å². The molecule has 1 N–H and O–H groups in total. The van der Waals surface area contributed by atoms with Crippen molar-refractivity contribution in [2.45, 2.75) is 31.2 Å². The normalized spacial score (nSPS) is 11.6. The van der Waals surface area contributed by atoms with Gasteiger partial charge in [0.1, 0.15) is 0 Å². The van der Waals surface area contributed by atoms with Crippen molar-refractivity contribution >= 4 is 26.6 Å². The summed E-state index contributed by atoms with van der Waals surface area (Å²) in [6.45, 7) is 4.71. The van der Waals surface area contributed by atoms with Crippen molar-refractivity contribution in [2.24, 2.45) is 0 Å². The first-order valence-corrected chi connectivity index (χ1v) is 12.7. The van der Waals surface area contributed by atoms with Crippen LogP contribution < -0.4 is 5.32 Å². The van der Waals surface area contributed by atoms with E-state index < -0.39 is 9.84 Å². The van der Waals surface area contributed by atoms with Crippen LogP contribution in [0.2, 0.25) is 0 Å².